The Hall–Kier alpha value is -2.73. The van der Waals surface area contributed by atoms with Gasteiger partial charge in [-0.1, -0.05) is 18.2 Å². The Morgan fingerprint density at radius 1 is 1.27 bits per heavy atom. The van der Waals surface area contributed by atoms with E-state index in [1.807, 2.05) is 6.07 Å². The fraction of sp³-hybridized carbons (Fsp3) is 0.188. The first-order chi connectivity index (χ1) is 10.5. The molecule has 2 aromatic carbocycles. The Balaban J connectivity index is 2.20. The number of benzene rings is 2. The van der Waals surface area contributed by atoms with E-state index < -0.39 is 4.92 Å². The molecule has 0 radical (unpaired) electrons. The SMILES string of the molecule is COCc1cccc(C(=O)Nc2ccc(C)c([N+](=O)[O-])c2)c1. The van der Waals surface area contributed by atoms with Gasteiger partial charge in [-0.25, -0.2) is 0 Å². The third-order valence-electron chi connectivity index (χ3n) is 3.16. The van der Waals surface area contributed by atoms with Crippen molar-refractivity contribution >= 4 is 17.3 Å². The highest BCUT2D eigenvalue weighted by molar-refractivity contribution is 6.04. The van der Waals surface area contributed by atoms with Crippen molar-refractivity contribution in [3.05, 3.63) is 69.3 Å². The molecule has 0 aliphatic carbocycles. The lowest BCUT2D eigenvalue weighted by atomic mass is 10.1. The van der Waals surface area contributed by atoms with Crippen LogP contribution in [0.25, 0.3) is 0 Å². The minimum atomic E-state index is -0.468. The van der Waals surface area contributed by atoms with Crippen molar-refractivity contribution in [3.8, 4) is 0 Å². The van der Waals surface area contributed by atoms with Gasteiger partial charge < -0.3 is 10.1 Å². The average molecular weight is 300 g/mol. The maximum atomic E-state index is 12.2. The van der Waals surface area contributed by atoms with Crippen LogP contribution in [0.5, 0.6) is 0 Å². The Kier molecular flexibility index (Phi) is 4.85. The average Bonchev–Trinajstić information content (AvgIpc) is 2.49. The first-order valence-electron chi connectivity index (χ1n) is 6.65. The number of nitrogens with one attached hydrogen (secondary N) is 1. The minimum Gasteiger partial charge on any atom is -0.380 e. The van der Waals surface area contributed by atoms with Crippen molar-refractivity contribution in [2.24, 2.45) is 0 Å². The normalized spacial score (nSPS) is 10.3. The number of rotatable bonds is 5. The number of hydrogen-bond acceptors (Lipinski definition) is 4. The molecule has 0 spiro atoms. The Labute approximate surface area is 127 Å². The predicted octanol–water partition coefficient (Wildman–Crippen LogP) is 3.30. The van der Waals surface area contributed by atoms with Gasteiger partial charge in [0.2, 0.25) is 0 Å². The molecule has 0 aromatic heterocycles. The number of nitrogens with zero attached hydrogens (tertiary/aromatic N) is 1. The molecule has 0 fully saturated rings. The van der Waals surface area contributed by atoms with Crippen LogP contribution in [0.3, 0.4) is 0 Å². The van der Waals surface area contributed by atoms with E-state index in [0.717, 1.165) is 5.56 Å². The lowest BCUT2D eigenvalue weighted by molar-refractivity contribution is -0.385. The lowest BCUT2D eigenvalue weighted by Gasteiger charge is -2.07. The molecule has 6 nitrogen and oxygen atoms in total. The summed E-state index contributed by atoms with van der Waals surface area (Å²) in [5.74, 6) is -0.323. The van der Waals surface area contributed by atoms with Gasteiger partial charge in [-0.15, -0.1) is 0 Å². The van der Waals surface area contributed by atoms with Gasteiger partial charge in [-0.2, -0.15) is 0 Å². The standard InChI is InChI=1S/C16H16N2O4/c1-11-6-7-14(9-15(11)18(20)21)17-16(19)13-5-3-4-12(8-13)10-22-2/h3-9H,10H2,1-2H3,(H,17,19). The summed E-state index contributed by atoms with van der Waals surface area (Å²) in [6, 6.07) is 11.6. The highest BCUT2D eigenvalue weighted by Crippen LogP contribution is 2.22. The monoisotopic (exact) mass is 300 g/mol. The molecule has 0 unspecified atom stereocenters. The highest BCUT2D eigenvalue weighted by atomic mass is 16.6. The number of carbonyl (C=O) groups excluding carboxylic acids is 1. The Morgan fingerprint density at radius 3 is 2.73 bits per heavy atom. The number of nitro groups is 1. The highest BCUT2D eigenvalue weighted by Gasteiger charge is 2.13. The van der Waals surface area contributed by atoms with Gasteiger partial charge in [0.1, 0.15) is 0 Å². The quantitative estimate of drug-likeness (QED) is 0.678. The van der Waals surface area contributed by atoms with Gasteiger partial charge in [-0.05, 0) is 30.7 Å². The number of amides is 1. The predicted molar refractivity (Wildman–Crippen MR) is 82.9 cm³/mol. The molecule has 6 heteroatoms. The summed E-state index contributed by atoms with van der Waals surface area (Å²) in [4.78, 5) is 22.7. The van der Waals surface area contributed by atoms with Crippen LogP contribution in [0.4, 0.5) is 11.4 Å². The topological polar surface area (TPSA) is 81.5 Å². The van der Waals surface area contributed by atoms with Gasteiger partial charge in [0.25, 0.3) is 11.6 Å². The van der Waals surface area contributed by atoms with E-state index in [2.05, 4.69) is 5.32 Å². The van der Waals surface area contributed by atoms with E-state index in [-0.39, 0.29) is 11.6 Å². The van der Waals surface area contributed by atoms with Crippen molar-refractivity contribution in [2.45, 2.75) is 13.5 Å². The second-order valence-electron chi connectivity index (χ2n) is 4.85. The first-order valence-corrected chi connectivity index (χ1v) is 6.65. The number of aryl methyl sites for hydroxylation is 1. The third-order valence-corrected chi connectivity index (χ3v) is 3.16. The molecular formula is C16H16N2O4. The van der Waals surface area contributed by atoms with Crippen LogP contribution in [-0.4, -0.2) is 17.9 Å². The van der Waals surface area contributed by atoms with Crippen molar-refractivity contribution in [2.75, 3.05) is 12.4 Å². The summed E-state index contributed by atoms with van der Waals surface area (Å²) in [5.41, 5.74) is 2.26. The summed E-state index contributed by atoms with van der Waals surface area (Å²) in [6.45, 7) is 2.06. The number of hydrogen-bond donors (Lipinski definition) is 1. The molecule has 0 heterocycles. The smallest absolute Gasteiger partial charge is 0.274 e. The summed E-state index contributed by atoms with van der Waals surface area (Å²) in [6.07, 6.45) is 0. The molecule has 2 aromatic rings. The molecule has 2 rings (SSSR count). The van der Waals surface area contributed by atoms with Crippen molar-refractivity contribution in [1.82, 2.24) is 0 Å². The number of carbonyl (C=O) groups is 1. The van der Waals surface area contributed by atoms with Crippen LogP contribution in [-0.2, 0) is 11.3 Å². The summed E-state index contributed by atoms with van der Waals surface area (Å²) >= 11 is 0. The number of ether oxygens (including phenoxy) is 1. The molecule has 114 valence electrons. The number of anilines is 1. The van der Waals surface area contributed by atoms with Crippen molar-refractivity contribution < 1.29 is 14.5 Å². The van der Waals surface area contributed by atoms with Gasteiger partial charge >= 0.3 is 0 Å². The first kappa shape index (κ1) is 15.7. The molecule has 22 heavy (non-hydrogen) atoms. The van der Waals surface area contributed by atoms with E-state index in [0.29, 0.717) is 23.4 Å². The van der Waals surface area contributed by atoms with Gasteiger partial charge in [0.15, 0.2) is 0 Å². The second-order valence-corrected chi connectivity index (χ2v) is 4.85. The summed E-state index contributed by atoms with van der Waals surface area (Å²) in [7, 11) is 1.58. The molecule has 1 amide bonds. The van der Waals surface area contributed by atoms with Crippen LogP contribution in [0.15, 0.2) is 42.5 Å². The largest absolute Gasteiger partial charge is 0.380 e. The van der Waals surface area contributed by atoms with E-state index >= 15 is 0 Å². The van der Waals surface area contributed by atoms with Crippen LogP contribution in [0.1, 0.15) is 21.5 Å². The zero-order valence-electron chi connectivity index (χ0n) is 12.3. The van der Waals surface area contributed by atoms with Crippen molar-refractivity contribution in [3.63, 3.8) is 0 Å². The number of nitro benzene ring substituents is 1. The Bertz CT molecular complexity index is 713. The molecule has 1 N–H and O–H groups in total. The van der Waals surface area contributed by atoms with Crippen LogP contribution < -0.4 is 5.32 Å². The lowest BCUT2D eigenvalue weighted by Crippen LogP contribution is -2.12. The van der Waals surface area contributed by atoms with Crippen LogP contribution >= 0.6 is 0 Å². The van der Waals surface area contributed by atoms with E-state index in [1.165, 1.54) is 6.07 Å². The van der Waals surface area contributed by atoms with Crippen LogP contribution in [0.2, 0.25) is 0 Å². The second kappa shape index (κ2) is 6.82. The number of methoxy groups -OCH3 is 1. The van der Waals surface area contributed by atoms with E-state index in [1.54, 1.807) is 44.4 Å². The molecule has 0 saturated heterocycles. The van der Waals surface area contributed by atoms with Gasteiger partial charge in [-0.3, -0.25) is 14.9 Å². The summed E-state index contributed by atoms with van der Waals surface area (Å²) < 4.78 is 5.03. The van der Waals surface area contributed by atoms with Crippen LogP contribution in [0, 0.1) is 17.0 Å². The zero-order valence-corrected chi connectivity index (χ0v) is 12.3. The third kappa shape index (κ3) is 3.67. The van der Waals surface area contributed by atoms with Gasteiger partial charge in [0, 0.05) is 30.0 Å². The fourth-order valence-corrected chi connectivity index (χ4v) is 2.06. The molecule has 0 aliphatic rings. The summed E-state index contributed by atoms with van der Waals surface area (Å²) in [5, 5.41) is 13.6. The zero-order chi connectivity index (χ0) is 16.1. The van der Waals surface area contributed by atoms with E-state index in [9.17, 15) is 14.9 Å². The fourth-order valence-electron chi connectivity index (χ4n) is 2.06. The molecule has 0 atom stereocenters. The van der Waals surface area contributed by atoms with Gasteiger partial charge in [0.05, 0.1) is 11.5 Å². The maximum absolute atomic E-state index is 12.2. The van der Waals surface area contributed by atoms with Crippen molar-refractivity contribution in [1.29, 1.82) is 0 Å². The van der Waals surface area contributed by atoms with E-state index in [4.69, 9.17) is 4.74 Å². The maximum Gasteiger partial charge on any atom is 0.274 e. The minimum absolute atomic E-state index is 0.0223. The molecule has 0 aliphatic heterocycles. The molecular weight excluding hydrogens is 284 g/mol. The molecule has 0 saturated carbocycles. The Morgan fingerprint density at radius 2 is 2.05 bits per heavy atom. The molecule has 0 bridgehead atoms.